The van der Waals surface area contributed by atoms with Crippen molar-refractivity contribution in [3.8, 4) is 0 Å². The van der Waals surface area contributed by atoms with Gasteiger partial charge in [-0.3, -0.25) is 4.21 Å². The molecule has 0 aliphatic heterocycles. The molecule has 2 unspecified atom stereocenters. The summed E-state index contributed by atoms with van der Waals surface area (Å²) >= 11 is 1.52. The van der Waals surface area contributed by atoms with Crippen LogP contribution in [0.1, 0.15) is 18.4 Å². The maximum absolute atomic E-state index is 11.6. The first-order chi connectivity index (χ1) is 8.55. The summed E-state index contributed by atoms with van der Waals surface area (Å²) in [7, 11) is -0.970. The minimum atomic E-state index is -0.970. The number of aliphatic hydroxyl groups is 1. The molecule has 0 saturated heterocycles. The zero-order valence-electron chi connectivity index (χ0n) is 10.8. The third-order valence-electron chi connectivity index (χ3n) is 3.61. The van der Waals surface area contributed by atoms with Crippen LogP contribution in [0.15, 0.2) is 30.3 Å². The van der Waals surface area contributed by atoms with Crippen molar-refractivity contribution in [3.63, 3.8) is 0 Å². The highest BCUT2D eigenvalue weighted by atomic mass is 32.2. The standard InChI is InChI=1S/C14H20O2S2/c1-17-13(18(2)16)14(15)9-12(10-14)8-11-6-4-3-5-7-11/h3-7,12-13,15H,8-10H2,1-2H3. The highest BCUT2D eigenvalue weighted by Crippen LogP contribution is 2.46. The van der Waals surface area contributed by atoms with Gasteiger partial charge in [0.1, 0.15) is 4.58 Å². The molecule has 1 aromatic rings. The molecule has 1 aliphatic carbocycles. The molecule has 0 heterocycles. The van der Waals surface area contributed by atoms with Crippen molar-refractivity contribution in [2.24, 2.45) is 5.92 Å². The molecule has 1 aromatic carbocycles. The van der Waals surface area contributed by atoms with Crippen LogP contribution in [0.5, 0.6) is 0 Å². The van der Waals surface area contributed by atoms with Gasteiger partial charge in [0.25, 0.3) is 0 Å². The highest BCUT2D eigenvalue weighted by Gasteiger charge is 2.49. The van der Waals surface area contributed by atoms with Crippen molar-refractivity contribution in [2.45, 2.75) is 29.4 Å². The van der Waals surface area contributed by atoms with Crippen LogP contribution < -0.4 is 0 Å². The lowest BCUT2D eigenvalue weighted by atomic mass is 9.69. The number of rotatable bonds is 5. The zero-order valence-corrected chi connectivity index (χ0v) is 12.5. The van der Waals surface area contributed by atoms with Gasteiger partial charge in [-0.2, -0.15) is 0 Å². The van der Waals surface area contributed by atoms with E-state index in [1.54, 1.807) is 6.26 Å². The summed E-state index contributed by atoms with van der Waals surface area (Å²) in [5, 5.41) is 10.5. The van der Waals surface area contributed by atoms with E-state index in [-0.39, 0.29) is 4.58 Å². The topological polar surface area (TPSA) is 37.3 Å². The van der Waals surface area contributed by atoms with Gasteiger partial charge >= 0.3 is 0 Å². The fourth-order valence-corrected chi connectivity index (χ4v) is 5.41. The van der Waals surface area contributed by atoms with Gasteiger partial charge in [-0.25, -0.2) is 0 Å². The van der Waals surface area contributed by atoms with Crippen molar-refractivity contribution in [3.05, 3.63) is 35.9 Å². The maximum atomic E-state index is 11.6. The molecule has 0 aromatic heterocycles. The van der Waals surface area contributed by atoms with Crippen molar-refractivity contribution in [2.75, 3.05) is 12.5 Å². The van der Waals surface area contributed by atoms with E-state index < -0.39 is 16.4 Å². The van der Waals surface area contributed by atoms with Gasteiger partial charge in [-0.1, -0.05) is 30.3 Å². The molecule has 18 heavy (non-hydrogen) atoms. The summed E-state index contributed by atoms with van der Waals surface area (Å²) < 4.78 is 11.5. The predicted octanol–water partition coefficient (Wildman–Crippen LogP) is 2.44. The number of hydrogen-bond acceptors (Lipinski definition) is 3. The van der Waals surface area contributed by atoms with E-state index in [0.717, 1.165) is 19.3 Å². The van der Waals surface area contributed by atoms with Crippen molar-refractivity contribution >= 4 is 22.6 Å². The molecule has 1 saturated carbocycles. The molecular formula is C14H20O2S2. The fraction of sp³-hybridized carbons (Fsp3) is 0.571. The van der Waals surface area contributed by atoms with Crippen LogP contribution >= 0.6 is 11.8 Å². The van der Waals surface area contributed by atoms with Crippen molar-refractivity contribution in [1.29, 1.82) is 0 Å². The quantitative estimate of drug-likeness (QED) is 0.902. The van der Waals surface area contributed by atoms with Gasteiger partial charge in [-0.15, -0.1) is 11.8 Å². The molecule has 2 nitrogen and oxygen atoms in total. The number of hydrogen-bond donors (Lipinski definition) is 1. The Bertz CT molecular complexity index is 413. The molecular weight excluding hydrogens is 264 g/mol. The second-order valence-electron chi connectivity index (χ2n) is 5.13. The van der Waals surface area contributed by atoms with E-state index in [4.69, 9.17) is 0 Å². The zero-order chi connectivity index (χ0) is 13.2. The Hall–Kier alpha value is -0.320. The van der Waals surface area contributed by atoms with Crippen LogP contribution in [0.25, 0.3) is 0 Å². The highest BCUT2D eigenvalue weighted by molar-refractivity contribution is 8.10. The van der Waals surface area contributed by atoms with Crippen molar-refractivity contribution in [1.82, 2.24) is 0 Å². The summed E-state index contributed by atoms with van der Waals surface area (Å²) in [5.74, 6) is 0.524. The molecule has 0 spiro atoms. The first-order valence-electron chi connectivity index (χ1n) is 6.16. The van der Waals surface area contributed by atoms with Crippen LogP contribution in [0.4, 0.5) is 0 Å². The Labute approximate surface area is 116 Å². The van der Waals surface area contributed by atoms with E-state index in [9.17, 15) is 9.32 Å². The summed E-state index contributed by atoms with van der Waals surface area (Å²) in [6.45, 7) is 0. The number of thioether (sulfide) groups is 1. The van der Waals surface area contributed by atoms with Gasteiger partial charge in [0.15, 0.2) is 0 Å². The van der Waals surface area contributed by atoms with Gasteiger partial charge in [0.05, 0.1) is 5.60 Å². The molecule has 1 N–H and O–H groups in total. The van der Waals surface area contributed by atoms with E-state index in [0.29, 0.717) is 5.92 Å². The normalized spacial score (nSPS) is 30.5. The van der Waals surface area contributed by atoms with Gasteiger partial charge < -0.3 is 5.11 Å². The SMILES string of the molecule is CSC(S(C)=O)C1(O)CC(Cc2ccccc2)C1. The average molecular weight is 284 g/mol. The second kappa shape index (κ2) is 5.76. The average Bonchev–Trinajstić information content (AvgIpc) is 2.28. The van der Waals surface area contributed by atoms with Gasteiger partial charge in [0, 0.05) is 17.1 Å². The molecule has 0 amide bonds. The van der Waals surface area contributed by atoms with Crippen LogP contribution in [0.2, 0.25) is 0 Å². The van der Waals surface area contributed by atoms with E-state index in [1.165, 1.54) is 17.3 Å². The monoisotopic (exact) mass is 284 g/mol. The Morgan fingerprint density at radius 2 is 2.06 bits per heavy atom. The lowest BCUT2D eigenvalue weighted by Gasteiger charge is -2.47. The molecule has 1 aliphatic rings. The summed E-state index contributed by atoms with van der Waals surface area (Å²) in [5.41, 5.74) is 0.598. The second-order valence-corrected chi connectivity index (χ2v) is 7.84. The Morgan fingerprint density at radius 3 is 2.56 bits per heavy atom. The maximum Gasteiger partial charge on any atom is 0.108 e. The largest absolute Gasteiger partial charge is 0.388 e. The van der Waals surface area contributed by atoms with Crippen LogP contribution in [0.3, 0.4) is 0 Å². The third-order valence-corrected chi connectivity index (χ3v) is 6.90. The van der Waals surface area contributed by atoms with E-state index in [2.05, 4.69) is 12.1 Å². The molecule has 4 heteroatoms. The molecule has 1 fully saturated rings. The molecule has 0 bridgehead atoms. The van der Waals surface area contributed by atoms with Gasteiger partial charge in [-0.05, 0) is 37.0 Å². The summed E-state index contributed by atoms with van der Waals surface area (Å²) in [6.07, 6.45) is 6.17. The van der Waals surface area contributed by atoms with Crippen molar-refractivity contribution < 1.29 is 9.32 Å². The van der Waals surface area contributed by atoms with E-state index >= 15 is 0 Å². The molecule has 2 rings (SSSR count). The van der Waals surface area contributed by atoms with Crippen LogP contribution in [-0.2, 0) is 17.2 Å². The minimum absolute atomic E-state index is 0.149. The lowest BCUT2D eigenvalue weighted by molar-refractivity contribution is -0.0591. The van der Waals surface area contributed by atoms with Gasteiger partial charge in [0.2, 0.25) is 0 Å². The lowest BCUT2D eigenvalue weighted by Crippen LogP contribution is -2.53. The fourth-order valence-electron chi connectivity index (χ4n) is 2.89. The molecule has 2 atom stereocenters. The first kappa shape index (κ1) is 14.1. The summed E-state index contributed by atoms with van der Waals surface area (Å²) in [4.78, 5) is 0. The number of benzene rings is 1. The smallest absolute Gasteiger partial charge is 0.108 e. The molecule has 100 valence electrons. The third kappa shape index (κ3) is 2.98. The van der Waals surface area contributed by atoms with Crippen LogP contribution in [-0.4, -0.2) is 32.0 Å². The van der Waals surface area contributed by atoms with E-state index in [1.807, 2.05) is 24.5 Å². The van der Waals surface area contributed by atoms with Crippen LogP contribution in [0, 0.1) is 5.92 Å². The summed E-state index contributed by atoms with van der Waals surface area (Å²) in [6, 6.07) is 10.4. The first-order valence-corrected chi connectivity index (χ1v) is 9.07. The Balaban J connectivity index is 1.91. The predicted molar refractivity (Wildman–Crippen MR) is 79.2 cm³/mol. The molecule has 0 radical (unpaired) electrons. The minimum Gasteiger partial charge on any atom is -0.388 e. The Morgan fingerprint density at radius 1 is 1.44 bits per heavy atom. The Kier molecular flexibility index (Phi) is 4.51.